The predicted molar refractivity (Wildman–Crippen MR) is 113 cm³/mol. The SMILES string of the molecule is Cc1nc(Cc2ccc(OCCc3ccccc3)cc2)nc(C(=O)NCC(=O)O)c1O. The zero-order valence-corrected chi connectivity index (χ0v) is 17.0. The maximum Gasteiger partial charge on any atom is 0.322 e. The minimum Gasteiger partial charge on any atom is -0.504 e. The largest absolute Gasteiger partial charge is 0.504 e. The highest BCUT2D eigenvalue weighted by atomic mass is 16.5. The third-order valence-electron chi connectivity index (χ3n) is 4.51. The quantitative estimate of drug-likeness (QED) is 0.485. The normalized spacial score (nSPS) is 10.5. The first-order valence-corrected chi connectivity index (χ1v) is 9.74. The van der Waals surface area contributed by atoms with E-state index in [0.29, 0.717) is 18.9 Å². The highest BCUT2D eigenvalue weighted by Gasteiger charge is 2.18. The van der Waals surface area contributed by atoms with Crippen LogP contribution in [0.5, 0.6) is 11.5 Å². The zero-order valence-electron chi connectivity index (χ0n) is 17.0. The van der Waals surface area contributed by atoms with Crippen LogP contribution in [0.4, 0.5) is 0 Å². The second-order valence-electron chi connectivity index (χ2n) is 6.90. The highest BCUT2D eigenvalue weighted by molar-refractivity contribution is 5.96. The van der Waals surface area contributed by atoms with Crippen LogP contribution in [0.1, 0.15) is 33.1 Å². The molecule has 0 aliphatic heterocycles. The Morgan fingerprint density at radius 2 is 1.71 bits per heavy atom. The van der Waals surface area contributed by atoms with Gasteiger partial charge in [-0.1, -0.05) is 42.5 Å². The van der Waals surface area contributed by atoms with Crippen LogP contribution >= 0.6 is 0 Å². The van der Waals surface area contributed by atoms with E-state index in [1.807, 2.05) is 42.5 Å². The maximum atomic E-state index is 12.1. The molecule has 3 rings (SSSR count). The van der Waals surface area contributed by atoms with Crippen LogP contribution in [0.25, 0.3) is 0 Å². The number of benzene rings is 2. The summed E-state index contributed by atoms with van der Waals surface area (Å²) in [6.45, 7) is 1.55. The van der Waals surface area contributed by atoms with Crippen molar-refractivity contribution in [2.75, 3.05) is 13.2 Å². The summed E-state index contributed by atoms with van der Waals surface area (Å²) >= 11 is 0. The van der Waals surface area contributed by atoms with Gasteiger partial charge >= 0.3 is 5.97 Å². The number of carbonyl (C=O) groups excluding carboxylic acids is 1. The van der Waals surface area contributed by atoms with Crippen molar-refractivity contribution >= 4 is 11.9 Å². The molecule has 1 aromatic heterocycles. The Morgan fingerprint density at radius 3 is 2.39 bits per heavy atom. The lowest BCUT2D eigenvalue weighted by Crippen LogP contribution is -2.30. The summed E-state index contributed by atoms with van der Waals surface area (Å²) in [5.41, 5.74) is 2.11. The number of carboxylic acids is 1. The van der Waals surface area contributed by atoms with Crippen LogP contribution in [0.2, 0.25) is 0 Å². The molecule has 0 atom stereocenters. The fraction of sp³-hybridized carbons (Fsp3) is 0.217. The number of carbonyl (C=O) groups is 2. The van der Waals surface area contributed by atoms with Gasteiger partial charge in [-0.2, -0.15) is 0 Å². The van der Waals surface area contributed by atoms with Crippen LogP contribution in [-0.2, 0) is 17.6 Å². The van der Waals surface area contributed by atoms with E-state index < -0.39 is 18.4 Å². The molecule has 160 valence electrons. The molecule has 0 saturated heterocycles. The minimum atomic E-state index is -1.19. The van der Waals surface area contributed by atoms with E-state index in [0.717, 1.165) is 17.7 Å². The summed E-state index contributed by atoms with van der Waals surface area (Å²) in [5.74, 6) is -1.24. The lowest BCUT2D eigenvalue weighted by Gasteiger charge is -2.10. The Balaban J connectivity index is 1.62. The number of aliphatic carboxylic acids is 1. The molecule has 0 spiro atoms. The smallest absolute Gasteiger partial charge is 0.322 e. The first-order valence-electron chi connectivity index (χ1n) is 9.74. The second kappa shape index (κ2) is 10.2. The molecule has 3 N–H and O–H groups in total. The minimum absolute atomic E-state index is 0.242. The number of rotatable bonds is 9. The van der Waals surface area contributed by atoms with E-state index in [-0.39, 0.29) is 17.1 Å². The van der Waals surface area contributed by atoms with Gasteiger partial charge in [0.2, 0.25) is 0 Å². The van der Waals surface area contributed by atoms with Gasteiger partial charge in [0.1, 0.15) is 18.1 Å². The van der Waals surface area contributed by atoms with Gasteiger partial charge in [0, 0.05) is 12.8 Å². The molecule has 1 heterocycles. The predicted octanol–water partition coefficient (Wildman–Crippen LogP) is 2.52. The van der Waals surface area contributed by atoms with Gasteiger partial charge in [0.05, 0.1) is 12.3 Å². The van der Waals surface area contributed by atoms with Gasteiger partial charge in [-0.3, -0.25) is 9.59 Å². The molecule has 0 saturated carbocycles. The lowest BCUT2D eigenvalue weighted by atomic mass is 10.1. The third kappa shape index (κ3) is 6.27. The molecular weight excluding hydrogens is 398 g/mol. The fourth-order valence-corrected chi connectivity index (χ4v) is 2.92. The molecule has 1 amide bonds. The van der Waals surface area contributed by atoms with Crippen molar-refractivity contribution in [1.29, 1.82) is 0 Å². The van der Waals surface area contributed by atoms with Gasteiger partial charge < -0.3 is 20.3 Å². The monoisotopic (exact) mass is 421 g/mol. The van der Waals surface area contributed by atoms with E-state index in [1.165, 1.54) is 5.56 Å². The standard InChI is InChI=1S/C23H23N3O5/c1-15-22(29)21(23(30)24-14-20(27)28)26-19(25-15)13-17-7-9-18(10-8-17)31-12-11-16-5-3-2-4-6-16/h2-10,29H,11-14H2,1H3,(H,24,30)(H,27,28). The molecular formula is C23H23N3O5. The summed E-state index contributed by atoms with van der Waals surface area (Å²) in [4.78, 5) is 31.1. The van der Waals surface area contributed by atoms with Crippen molar-refractivity contribution in [3.8, 4) is 11.5 Å². The summed E-state index contributed by atoms with van der Waals surface area (Å²) in [7, 11) is 0. The number of aryl methyl sites for hydroxylation is 1. The maximum absolute atomic E-state index is 12.1. The van der Waals surface area contributed by atoms with Crippen molar-refractivity contribution in [3.63, 3.8) is 0 Å². The highest BCUT2D eigenvalue weighted by Crippen LogP contribution is 2.20. The Hall–Kier alpha value is -3.94. The van der Waals surface area contributed by atoms with E-state index in [4.69, 9.17) is 9.84 Å². The van der Waals surface area contributed by atoms with Gasteiger partial charge in [-0.05, 0) is 30.2 Å². The van der Waals surface area contributed by atoms with Crippen LogP contribution in [0.3, 0.4) is 0 Å². The molecule has 0 bridgehead atoms. The first-order chi connectivity index (χ1) is 14.9. The third-order valence-corrected chi connectivity index (χ3v) is 4.51. The van der Waals surface area contributed by atoms with Crippen molar-refractivity contribution in [2.45, 2.75) is 19.8 Å². The number of ether oxygens (including phenoxy) is 1. The molecule has 2 aromatic carbocycles. The summed E-state index contributed by atoms with van der Waals surface area (Å²) < 4.78 is 5.78. The number of hydrogen-bond acceptors (Lipinski definition) is 6. The molecule has 0 radical (unpaired) electrons. The van der Waals surface area contributed by atoms with Crippen molar-refractivity contribution in [2.24, 2.45) is 0 Å². The van der Waals surface area contributed by atoms with Crippen molar-refractivity contribution < 1.29 is 24.5 Å². The molecule has 3 aromatic rings. The molecule has 0 aliphatic rings. The van der Waals surface area contributed by atoms with Crippen LogP contribution < -0.4 is 10.1 Å². The molecule has 0 aliphatic carbocycles. The van der Waals surface area contributed by atoms with E-state index in [2.05, 4.69) is 27.4 Å². The number of nitrogens with zero attached hydrogens (tertiary/aromatic N) is 2. The van der Waals surface area contributed by atoms with Crippen LogP contribution in [0, 0.1) is 6.92 Å². The number of amides is 1. The average molecular weight is 421 g/mol. The number of aromatic nitrogens is 2. The van der Waals surface area contributed by atoms with Gasteiger partial charge in [-0.15, -0.1) is 0 Å². The molecule has 8 heteroatoms. The van der Waals surface area contributed by atoms with Gasteiger partial charge in [0.15, 0.2) is 11.4 Å². The first kappa shape index (κ1) is 21.8. The van der Waals surface area contributed by atoms with Crippen molar-refractivity contribution in [3.05, 3.63) is 82.9 Å². The molecule has 8 nitrogen and oxygen atoms in total. The number of nitrogens with one attached hydrogen (secondary N) is 1. The van der Waals surface area contributed by atoms with Crippen LogP contribution in [-0.4, -0.2) is 45.2 Å². The Kier molecular flexibility index (Phi) is 7.16. The molecule has 31 heavy (non-hydrogen) atoms. The summed E-state index contributed by atoms with van der Waals surface area (Å²) in [5, 5.41) is 21.0. The Morgan fingerprint density at radius 1 is 1.00 bits per heavy atom. The number of carboxylic acid groups (broad SMARTS) is 1. The molecule has 0 unspecified atom stereocenters. The summed E-state index contributed by atoms with van der Waals surface area (Å²) in [6, 6.07) is 17.6. The van der Waals surface area contributed by atoms with Gasteiger partial charge in [-0.25, -0.2) is 9.97 Å². The van der Waals surface area contributed by atoms with E-state index in [1.54, 1.807) is 6.92 Å². The lowest BCUT2D eigenvalue weighted by molar-refractivity contribution is -0.135. The fourth-order valence-electron chi connectivity index (χ4n) is 2.92. The zero-order chi connectivity index (χ0) is 22.2. The number of hydrogen-bond donors (Lipinski definition) is 3. The van der Waals surface area contributed by atoms with E-state index >= 15 is 0 Å². The Bertz CT molecular complexity index is 1050. The van der Waals surface area contributed by atoms with E-state index in [9.17, 15) is 14.7 Å². The van der Waals surface area contributed by atoms with Crippen LogP contribution in [0.15, 0.2) is 54.6 Å². The van der Waals surface area contributed by atoms with Crippen molar-refractivity contribution in [1.82, 2.24) is 15.3 Å². The average Bonchev–Trinajstić information content (AvgIpc) is 2.76. The molecule has 0 fully saturated rings. The topological polar surface area (TPSA) is 122 Å². The van der Waals surface area contributed by atoms with Gasteiger partial charge in [0.25, 0.3) is 5.91 Å². The number of aromatic hydroxyl groups is 1. The summed E-state index contributed by atoms with van der Waals surface area (Å²) in [6.07, 6.45) is 1.15. The second-order valence-corrected chi connectivity index (χ2v) is 6.90. The Labute approximate surface area is 179 Å².